The molecule has 0 saturated carbocycles. The first-order valence-electron chi connectivity index (χ1n) is 7.98. The van der Waals surface area contributed by atoms with Crippen LogP contribution < -0.4 is 16.4 Å². The van der Waals surface area contributed by atoms with Crippen LogP contribution in [0, 0.1) is 5.41 Å². The fraction of sp³-hybridized carbons (Fsp3) is 0.750. The Bertz CT molecular complexity index is 465. The van der Waals surface area contributed by atoms with E-state index in [2.05, 4.69) is 36.4 Å². The molecule has 0 fully saturated rings. The summed E-state index contributed by atoms with van der Waals surface area (Å²) >= 11 is 0. The molecule has 1 rings (SSSR count). The van der Waals surface area contributed by atoms with Crippen molar-refractivity contribution in [3.63, 3.8) is 0 Å². The fourth-order valence-corrected chi connectivity index (χ4v) is 1.95. The molecule has 22 heavy (non-hydrogen) atoms. The third-order valence-electron chi connectivity index (χ3n) is 3.44. The molecule has 0 bridgehead atoms. The highest BCUT2D eigenvalue weighted by Gasteiger charge is 2.17. The van der Waals surface area contributed by atoms with Crippen molar-refractivity contribution in [3.05, 3.63) is 12.0 Å². The highest BCUT2D eigenvalue weighted by atomic mass is 16.4. The summed E-state index contributed by atoms with van der Waals surface area (Å²) in [5.41, 5.74) is 6.05. The van der Waals surface area contributed by atoms with Crippen LogP contribution in [0.4, 0.5) is 6.01 Å². The number of carbonyl (C=O) groups is 1. The van der Waals surface area contributed by atoms with Gasteiger partial charge in [0.05, 0.1) is 18.3 Å². The SMILES string of the molecule is CCCC(N)C(=O)Nc1ncc(C(C)NCCC(C)(C)C)o1. The van der Waals surface area contributed by atoms with Gasteiger partial charge >= 0.3 is 6.01 Å². The third kappa shape index (κ3) is 6.58. The summed E-state index contributed by atoms with van der Waals surface area (Å²) in [6.07, 6.45) is 4.21. The van der Waals surface area contributed by atoms with Crippen LogP contribution in [0.15, 0.2) is 10.6 Å². The highest BCUT2D eigenvalue weighted by molar-refractivity contribution is 5.92. The molecule has 0 aliphatic rings. The normalized spacial score (nSPS) is 14.6. The topological polar surface area (TPSA) is 93.2 Å². The summed E-state index contributed by atoms with van der Waals surface area (Å²) in [7, 11) is 0. The second-order valence-corrected chi connectivity index (χ2v) is 6.94. The van der Waals surface area contributed by atoms with Gasteiger partial charge in [-0.25, -0.2) is 4.98 Å². The molecule has 6 heteroatoms. The van der Waals surface area contributed by atoms with Gasteiger partial charge in [-0.2, -0.15) is 0 Å². The molecule has 1 aromatic rings. The van der Waals surface area contributed by atoms with Gasteiger partial charge in [0.2, 0.25) is 5.91 Å². The molecule has 0 spiro atoms. The average Bonchev–Trinajstić information content (AvgIpc) is 2.86. The van der Waals surface area contributed by atoms with Crippen molar-refractivity contribution in [3.8, 4) is 0 Å². The number of nitrogens with two attached hydrogens (primary N) is 1. The van der Waals surface area contributed by atoms with Crippen molar-refractivity contribution in [1.29, 1.82) is 0 Å². The van der Waals surface area contributed by atoms with Crippen molar-refractivity contribution in [1.82, 2.24) is 10.3 Å². The molecule has 6 nitrogen and oxygen atoms in total. The molecule has 1 amide bonds. The zero-order valence-electron chi connectivity index (χ0n) is 14.4. The van der Waals surface area contributed by atoms with Gasteiger partial charge in [0.15, 0.2) is 0 Å². The number of aromatic nitrogens is 1. The van der Waals surface area contributed by atoms with Gasteiger partial charge < -0.3 is 15.5 Å². The van der Waals surface area contributed by atoms with Crippen molar-refractivity contribution in [2.45, 2.75) is 66.0 Å². The van der Waals surface area contributed by atoms with Crippen LogP contribution in [0.3, 0.4) is 0 Å². The molecule has 0 radical (unpaired) electrons. The quantitative estimate of drug-likeness (QED) is 0.686. The number of rotatable bonds is 8. The van der Waals surface area contributed by atoms with Crippen LogP contribution in [0.25, 0.3) is 0 Å². The number of oxazole rings is 1. The number of carbonyl (C=O) groups excluding carboxylic acids is 1. The van der Waals surface area contributed by atoms with Crippen molar-refractivity contribution >= 4 is 11.9 Å². The first kappa shape index (κ1) is 18.6. The Morgan fingerprint density at radius 1 is 1.45 bits per heavy atom. The lowest BCUT2D eigenvalue weighted by molar-refractivity contribution is -0.117. The van der Waals surface area contributed by atoms with Crippen molar-refractivity contribution < 1.29 is 9.21 Å². The lowest BCUT2D eigenvalue weighted by Crippen LogP contribution is -2.35. The molecule has 0 aliphatic heterocycles. The van der Waals surface area contributed by atoms with Crippen LogP contribution in [0.2, 0.25) is 0 Å². The van der Waals surface area contributed by atoms with Crippen LogP contribution in [-0.4, -0.2) is 23.5 Å². The van der Waals surface area contributed by atoms with E-state index in [4.69, 9.17) is 10.2 Å². The van der Waals surface area contributed by atoms with Gasteiger partial charge in [-0.15, -0.1) is 0 Å². The van der Waals surface area contributed by atoms with E-state index in [1.165, 1.54) is 0 Å². The Hall–Kier alpha value is -1.40. The highest BCUT2D eigenvalue weighted by Crippen LogP contribution is 2.20. The van der Waals surface area contributed by atoms with Crippen molar-refractivity contribution in [2.75, 3.05) is 11.9 Å². The summed E-state index contributed by atoms with van der Waals surface area (Å²) < 4.78 is 5.57. The maximum atomic E-state index is 11.8. The Morgan fingerprint density at radius 3 is 2.73 bits per heavy atom. The van der Waals surface area contributed by atoms with Gasteiger partial charge in [0.1, 0.15) is 5.76 Å². The molecule has 2 atom stereocenters. The Kier molecular flexibility index (Phi) is 7.03. The average molecular weight is 310 g/mol. The number of hydrogen-bond donors (Lipinski definition) is 3. The summed E-state index contributed by atoms with van der Waals surface area (Å²) in [6.45, 7) is 11.5. The minimum absolute atomic E-state index is 0.0461. The smallest absolute Gasteiger partial charge is 0.301 e. The Balaban J connectivity index is 2.47. The first-order chi connectivity index (χ1) is 10.2. The molecule has 2 unspecified atom stereocenters. The van der Waals surface area contributed by atoms with Gasteiger partial charge in [-0.1, -0.05) is 34.1 Å². The second kappa shape index (κ2) is 8.29. The molecule has 0 aliphatic carbocycles. The minimum Gasteiger partial charge on any atom is -0.427 e. The largest absolute Gasteiger partial charge is 0.427 e. The zero-order chi connectivity index (χ0) is 16.8. The number of nitrogens with zero attached hydrogens (tertiary/aromatic N) is 1. The van der Waals surface area contributed by atoms with E-state index in [9.17, 15) is 4.79 Å². The summed E-state index contributed by atoms with van der Waals surface area (Å²) in [4.78, 5) is 15.9. The second-order valence-electron chi connectivity index (χ2n) is 6.94. The Morgan fingerprint density at radius 2 is 2.14 bits per heavy atom. The predicted molar refractivity (Wildman–Crippen MR) is 88.5 cm³/mol. The standard InChI is InChI=1S/C16H30N4O2/c1-6-7-12(17)14(21)20-15-19-10-13(22-15)11(2)18-9-8-16(3,4)5/h10-12,18H,6-9,17H2,1-5H3,(H,19,20,21). The van der Waals surface area contributed by atoms with E-state index in [-0.39, 0.29) is 18.0 Å². The van der Waals surface area contributed by atoms with E-state index >= 15 is 0 Å². The predicted octanol–water partition coefficient (Wildman–Crippen LogP) is 2.83. The third-order valence-corrected chi connectivity index (χ3v) is 3.44. The van der Waals surface area contributed by atoms with Crippen LogP contribution in [0.1, 0.15) is 65.7 Å². The molecule has 1 heterocycles. The maximum absolute atomic E-state index is 11.8. The lowest BCUT2D eigenvalue weighted by Gasteiger charge is -2.19. The van der Waals surface area contributed by atoms with Crippen LogP contribution in [-0.2, 0) is 4.79 Å². The number of nitrogens with one attached hydrogen (secondary N) is 2. The summed E-state index contributed by atoms with van der Waals surface area (Å²) in [5, 5.41) is 6.01. The number of hydrogen-bond acceptors (Lipinski definition) is 5. The molecule has 4 N–H and O–H groups in total. The first-order valence-corrected chi connectivity index (χ1v) is 7.98. The number of amides is 1. The van der Waals surface area contributed by atoms with Gasteiger partial charge in [-0.05, 0) is 31.7 Å². The van der Waals surface area contributed by atoms with E-state index in [1.807, 2.05) is 13.8 Å². The van der Waals surface area contributed by atoms with Crippen LogP contribution in [0.5, 0.6) is 0 Å². The summed E-state index contributed by atoms with van der Waals surface area (Å²) in [6, 6.07) is -0.275. The van der Waals surface area contributed by atoms with E-state index in [0.29, 0.717) is 17.6 Å². The van der Waals surface area contributed by atoms with Gasteiger partial charge in [-0.3, -0.25) is 10.1 Å². The Labute approximate surface area is 133 Å². The minimum atomic E-state index is -0.525. The molecule has 0 aromatic carbocycles. The molecule has 126 valence electrons. The monoisotopic (exact) mass is 310 g/mol. The van der Waals surface area contributed by atoms with E-state index in [0.717, 1.165) is 19.4 Å². The summed E-state index contributed by atoms with van der Waals surface area (Å²) in [5.74, 6) is 0.442. The zero-order valence-corrected chi connectivity index (χ0v) is 14.4. The fourth-order valence-electron chi connectivity index (χ4n) is 1.95. The lowest BCUT2D eigenvalue weighted by atomic mass is 9.92. The molecule has 1 aromatic heterocycles. The molecule has 0 saturated heterocycles. The van der Waals surface area contributed by atoms with Crippen LogP contribution >= 0.6 is 0 Å². The van der Waals surface area contributed by atoms with Crippen molar-refractivity contribution in [2.24, 2.45) is 11.1 Å². The molecular formula is C16H30N4O2. The van der Waals surface area contributed by atoms with E-state index in [1.54, 1.807) is 6.20 Å². The van der Waals surface area contributed by atoms with Gasteiger partial charge in [0, 0.05) is 0 Å². The number of anilines is 1. The molecular weight excluding hydrogens is 280 g/mol. The van der Waals surface area contributed by atoms with E-state index < -0.39 is 6.04 Å². The van der Waals surface area contributed by atoms with Gasteiger partial charge in [0.25, 0.3) is 0 Å². The maximum Gasteiger partial charge on any atom is 0.301 e.